The number of rotatable bonds is 4. The zero-order valence-electron chi connectivity index (χ0n) is 11.7. The zero-order valence-corrected chi connectivity index (χ0v) is 12.5. The highest BCUT2D eigenvalue weighted by molar-refractivity contribution is 6.31. The van der Waals surface area contributed by atoms with Crippen molar-refractivity contribution in [3.05, 3.63) is 58.8 Å². The van der Waals surface area contributed by atoms with Gasteiger partial charge in [0.05, 0.1) is 12.7 Å². The molecule has 2 heterocycles. The summed E-state index contributed by atoms with van der Waals surface area (Å²) in [5.74, 6) is 0.368. The molecule has 0 unspecified atom stereocenters. The molecule has 112 valence electrons. The van der Waals surface area contributed by atoms with Crippen LogP contribution in [0.5, 0.6) is 0 Å². The van der Waals surface area contributed by atoms with Gasteiger partial charge in [-0.3, -0.25) is 9.89 Å². The third kappa shape index (κ3) is 2.84. The third-order valence-corrected chi connectivity index (χ3v) is 3.53. The molecule has 2 N–H and O–H groups in total. The van der Waals surface area contributed by atoms with Gasteiger partial charge in [-0.25, -0.2) is 9.67 Å². The van der Waals surface area contributed by atoms with Crippen LogP contribution in [0.3, 0.4) is 0 Å². The number of nitrogens with zero attached hydrogens (tertiary/aromatic N) is 4. The zero-order chi connectivity index (χ0) is 15.5. The number of aromatic amines is 1. The predicted molar refractivity (Wildman–Crippen MR) is 81.9 cm³/mol. The van der Waals surface area contributed by atoms with Crippen LogP contribution in [0.15, 0.2) is 36.8 Å². The molecule has 2 aromatic heterocycles. The Morgan fingerprint density at radius 3 is 2.95 bits per heavy atom. The predicted octanol–water partition coefficient (Wildman–Crippen LogP) is 2.26. The minimum atomic E-state index is -0.374. The summed E-state index contributed by atoms with van der Waals surface area (Å²) in [4.78, 5) is 15.9. The molecule has 0 aliphatic carbocycles. The average Bonchev–Trinajstić information content (AvgIpc) is 3.14. The number of amides is 1. The number of hydrogen-bond donors (Lipinski definition) is 2. The van der Waals surface area contributed by atoms with Crippen LogP contribution in [0.25, 0.3) is 0 Å². The van der Waals surface area contributed by atoms with Crippen molar-refractivity contribution in [3.63, 3.8) is 0 Å². The van der Waals surface area contributed by atoms with E-state index in [-0.39, 0.29) is 11.7 Å². The quantitative estimate of drug-likeness (QED) is 0.772. The Hall–Kier alpha value is -2.67. The number of aromatic nitrogens is 5. The minimum absolute atomic E-state index is 0.143. The van der Waals surface area contributed by atoms with E-state index in [1.807, 2.05) is 31.2 Å². The fourth-order valence-electron chi connectivity index (χ4n) is 2.03. The number of halogens is 1. The second kappa shape index (κ2) is 5.98. The van der Waals surface area contributed by atoms with Crippen molar-refractivity contribution < 1.29 is 4.79 Å². The lowest BCUT2D eigenvalue weighted by Crippen LogP contribution is -2.18. The number of nitrogens with one attached hydrogen (secondary N) is 2. The number of carbonyl (C=O) groups excluding carboxylic acids is 1. The highest BCUT2D eigenvalue weighted by atomic mass is 35.5. The molecule has 0 spiro atoms. The minimum Gasteiger partial charge on any atom is -0.304 e. The maximum Gasteiger partial charge on any atom is 0.294 e. The number of anilines is 1. The average molecular weight is 317 g/mol. The van der Waals surface area contributed by atoms with Gasteiger partial charge in [-0.1, -0.05) is 29.8 Å². The molecule has 8 heteroatoms. The second-order valence-corrected chi connectivity index (χ2v) is 5.12. The molecule has 3 aromatic rings. The standard InChI is InChI=1S/C14H13ClN6O/c1-9-6-18-21(7-10-4-2-3-5-11(10)15)13(9)19-14(22)12-16-8-17-20-12/h2-6,8H,7H2,1H3,(H,19,22)(H,16,17,20). The fourth-order valence-corrected chi connectivity index (χ4v) is 2.23. The number of H-pyrrole nitrogens is 1. The lowest BCUT2D eigenvalue weighted by atomic mass is 10.2. The van der Waals surface area contributed by atoms with Crippen molar-refractivity contribution in [3.8, 4) is 0 Å². The lowest BCUT2D eigenvalue weighted by molar-refractivity contribution is 0.101. The van der Waals surface area contributed by atoms with Crippen molar-refractivity contribution in [1.29, 1.82) is 0 Å². The van der Waals surface area contributed by atoms with Crippen molar-refractivity contribution in [2.45, 2.75) is 13.5 Å². The molecule has 0 bridgehead atoms. The molecule has 3 rings (SSSR count). The maximum atomic E-state index is 12.1. The lowest BCUT2D eigenvalue weighted by Gasteiger charge is -2.10. The molecule has 22 heavy (non-hydrogen) atoms. The second-order valence-electron chi connectivity index (χ2n) is 4.71. The Morgan fingerprint density at radius 2 is 2.23 bits per heavy atom. The number of benzene rings is 1. The summed E-state index contributed by atoms with van der Waals surface area (Å²) in [6.07, 6.45) is 2.97. The van der Waals surface area contributed by atoms with Gasteiger partial charge in [-0.2, -0.15) is 10.2 Å². The van der Waals surface area contributed by atoms with Crippen LogP contribution in [-0.4, -0.2) is 30.9 Å². The summed E-state index contributed by atoms with van der Waals surface area (Å²) in [5.41, 5.74) is 1.77. The van der Waals surface area contributed by atoms with Crippen molar-refractivity contribution >= 4 is 23.3 Å². The Kier molecular flexibility index (Phi) is 3.88. The first kappa shape index (κ1) is 14.3. The Morgan fingerprint density at radius 1 is 1.41 bits per heavy atom. The fraction of sp³-hybridized carbons (Fsp3) is 0.143. The first-order chi connectivity index (χ1) is 10.6. The molecule has 0 atom stereocenters. The van der Waals surface area contributed by atoms with E-state index in [0.29, 0.717) is 17.4 Å². The van der Waals surface area contributed by atoms with Crippen LogP contribution in [0, 0.1) is 6.92 Å². The highest BCUT2D eigenvalue weighted by Crippen LogP contribution is 2.20. The van der Waals surface area contributed by atoms with E-state index in [1.54, 1.807) is 10.9 Å². The van der Waals surface area contributed by atoms with Gasteiger partial charge in [-0.05, 0) is 18.6 Å². The third-order valence-electron chi connectivity index (χ3n) is 3.16. The van der Waals surface area contributed by atoms with E-state index in [4.69, 9.17) is 11.6 Å². The van der Waals surface area contributed by atoms with Gasteiger partial charge < -0.3 is 5.32 Å². The first-order valence-corrected chi connectivity index (χ1v) is 6.95. The highest BCUT2D eigenvalue weighted by Gasteiger charge is 2.15. The molecule has 0 radical (unpaired) electrons. The van der Waals surface area contributed by atoms with Gasteiger partial charge in [-0.15, -0.1) is 0 Å². The summed E-state index contributed by atoms with van der Waals surface area (Å²) >= 11 is 6.17. The van der Waals surface area contributed by atoms with Crippen LogP contribution in [0.4, 0.5) is 5.82 Å². The first-order valence-electron chi connectivity index (χ1n) is 6.57. The van der Waals surface area contributed by atoms with E-state index in [0.717, 1.165) is 11.1 Å². The van der Waals surface area contributed by atoms with E-state index in [1.165, 1.54) is 6.33 Å². The van der Waals surface area contributed by atoms with Gasteiger partial charge in [0.15, 0.2) is 0 Å². The van der Waals surface area contributed by atoms with Crippen molar-refractivity contribution in [2.24, 2.45) is 0 Å². The molecule has 0 aliphatic rings. The smallest absolute Gasteiger partial charge is 0.294 e. The SMILES string of the molecule is Cc1cnn(Cc2ccccc2Cl)c1NC(=O)c1ncn[nH]1. The summed E-state index contributed by atoms with van der Waals surface area (Å²) in [5, 5.41) is 13.9. The summed E-state index contributed by atoms with van der Waals surface area (Å²) in [7, 11) is 0. The van der Waals surface area contributed by atoms with Crippen molar-refractivity contribution in [1.82, 2.24) is 25.0 Å². The summed E-state index contributed by atoms with van der Waals surface area (Å²) < 4.78 is 1.69. The molecule has 1 aromatic carbocycles. The normalized spacial score (nSPS) is 10.6. The summed E-state index contributed by atoms with van der Waals surface area (Å²) in [6, 6.07) is 7.51. The molecule has 0 aliphatic heterocycles. The van der Waals surface area contributed by atoms with E-state index in [9.17, 15) is 4.79 Å². The maximum absolute atomic E-state index is 12.1. The number of hydrogen-bond acceptors (Lipinski definition) is 4. The van der Waals surface area contributed by atoms with Gasteiger partial charge in [0, 0.05) is 10.6 Å². The molecule has 7 nitrogen and oxygen atoms in total. The van der Waals surface area contributed by atoms with Crippen LogP contribution in [0.2, 0.25) is 5.02 Å². The van der Waals surface area contributed by atoms with Gasteiger partial charge in [0.25, 0.3) is 5.91 Å². The summed E-state index contributed by atoms with van der Waals surface area (Å²) in [6.45, 7) is 2.33. The van der Waals surface area contributed by atoms with Gasteiger partial charge in [0.2, 0.25) is 5.82 Å². The van der Waals surface area contributed by atoms with E-state index in [2.05, 4.69) is 25.6 Å². The Balaban J connectivity index is 1.85. The molecular formula is C14H13ClN6O. The van der Waals surface area contributed by atoms with Crippen LogP contribution >= 0.6 is 11.6 Å². The van der Waals surface area contributed by atoms with Crippen molar-refractivity contribution in [2.75, 3.05) is 5.32 Å². The molecule has 0 saturated carbocycles. The monoisotopic (exact) mass is 316 g/mol. The van der Waals surface area contributed by atoms with Crippen LogP contribution in [-0.2, 0) is 6.54 Å². The molecular weight excluding hydrogens is 304 g/mol. The van der Waals surface area contributed by atoms with Gasteiger partial charge >= 0.3 is 0 Å². The van der Waals surface area contributed by atoms with E-state index >= 15 is 0 Å². The molecule has 0 saturated heterocycles. The number of carbonyl (C=O) groups is 1. The van der Waals surface area contributed by atoms with Gasteiger partial charge in [0.1, 0.15) is 12.1 Å². The van der Waals surface area contributed by atoms with Crippen LogP contribution < -0.4 is 5.32 Å². The number of aryl methyl sites for hydroxylation is 1. The van der Waals surface area contributed by atoms with Crippen LogP contribution in [0.1, 0.15) is 21.7 Å². The van der Waals surface area contributed by atoms with E-state index < -0.39 is 0 Å². The topological polar surface area (TPSA) is 88.5 Å². The molecule has 0 fully saturated rings. The largest absolute Gasteiger partial charge is 0.304 e. The Bertz CT molecular complexity index is 796. The Labute approximate surface area is 131 Å². The molecule has 1 amide bonds.